The van der Waals surface area contributed by atoms with Crippen molar-refractivity contribution in [2.24, 2.45) is 0 Å². The summed E-state index contributed by atoms with van der Waals surface area (Å²) in [5.41, 5.74) is 2.93. The molecule has 2 aromatic heterocycles. The Balaban J connectivity index is 1.53. The lowest BCUT2D eigenvalue weighted by Gasteiger charge is -2.23. The first-order valence-electron chi connectivity index (χ1n) is 9.86. The Morgan fingerprint density at radius 3 is 2.68 bits per heavy atom. The molecule has 1 aliphatic rings. The quantitative estimate of drug-likeness (QED) is 0.495. The Labute approximate surface area is 183 Å². The van der Waals surface area contributed by atoms with Gasteiger partial charge in [0.1, 0.15) is 15.5 Å². The summed E-state index contributed by atoms with van der Waals surface area (Å²) in [5.74, 6) is -0.460. The predicted molar refractivity (Wildman–Crippen MR) is 121 cm³/mol. The van der Waals surface area contributed by atoms with E-state index in [0.29, 0.717) is 21.6 Å². The number of ketones is 1. The zero-order chi connectivity index (χ0) is 22.5. The number of esters is 1. The number of ether oxygens (including phenoxy) is 1. The second kappa shape index (κ2) is 7.46. The fourth-order valence-corrected chi connectivity index (χ4v) is 5.22. The lowest BCUT2D eigenvalue weighted by atomic mass is 9.83. The molecule has 0 saturated carbocycles. The Bertz CT molecular complexity index is 1320. The molecule has 0 radical (unpaired) electrons. The number of aromatic amines is 1. The van der Waals surface area contributed by atoms with Gasteiger partial charge in [-0.1, -0.05) is 32.0 Å². The van der Waals surface area contributed by atoms with Crippen molar-refractivity contribution >= 4 is 39.0 Å². The summed E-state index contributed by atoms with van der Waals surface area (Å²) >= 11 is 1.10. The van der Waals surface area contributed by atoms with E-state index in [2.05, 4.69) is 29.9 Å². The molecule has 0 unspecified atom stereocenters. The van der Waals surface area contributed by atoms with Crippen LogP contribution in [0.2, 0.25) is 0 Å². The molecule has 0 aliphatic carbocycles. The van der Waals surface area contributed by atoms with Crippen LogP contribution in [0.3, 0.4) is 0 Å². The van der Waals surface area contributed by atoms with Crippen LogP contribution < -0.4 is 10.5 Å². The van der Waals surface area contributed by atoms with Gasteiger partial charge < -0.3 is 14.6 Å². The van der Waals surface area contributed by atoms with E-state index in [9.17, 15) is 14.4 Å². The minimum Gasteiger partial charge on any atom is -0.453 e. The number of hydrogen-bond acceptors (Lipinski definition) is 7. The zero-order valence-corrected chi connectivity index (χ0v) is 18.8. The number of nitrogens with one attached hydrogen (secondary N) is 1. The molecule has 0 saturated heterocycles. The van der Waals surface area contributed by atoms with Crippen molar-refractivity contribution in [2.45, 2.75) is 33.1 Å². The summed E-state index contributed by atoms with van der Waals surface area (Å²) in [7, 11) is 1.92. The van der Waals surface area contributed by atoms with Gasteiger partial charge in [-0.05, 0) is 31.0 Å². The first-order chi connectivity index (χ1) is 14.6. The highest BCUT2D eigenvalue weighted by molar-refractivity contribution is 7.20. The molecule has 0 fully saturated rings. The highest BCUT2D eigenvalue weighted by Crippen LogP contribution is 2.46. The van der Waals surface area contributed by atoms with E-state index >= 15 is 0 Å². The Morgan fingerprint density at radius 1 is 1.26 bits per heavy atom. The van der Waals surface area contributed by atoms with Crippen molar-refractivity contribution < 1.29 is 14.3 Å². The Hall–Kier alpha value is -3.26. The summed E-state index contributed by atoms with van der Waals surface area (Å²) in [6.45, 7) is 7.11. The number of benzene rings is 1. The third-order valence-corrected chi connectivity index (χ3v) is 6.85. The van der Waals surface area contributed by atoms with Gasteiger partial charge in [-0.25, -0.2) is 9.78 Å². The Morgan fingerprint density at radius 2 is 1.97 bits per heavy atom. The SMILES string of the molecule is Cc1nc2sc(C(=O)OCC(=O)/C=C3\N(C)c4ccccc4C3(C)C)c(C)c2c(=O)[nH]1. The van der Waals surface area contributed by atoms with Gasteiger partial charge in [0.15, 0.2) is 12.4 Å². The van der Waals surface area contributed by atoms with Gasteiger partial charge in [0.05, 0.1) is 5.39 Å². The van der Waals surface area contributed by atoms with Crippen LogP contribution in [0.5, 0.6) is 0 Å². The summed E-state index contributed by atoms with van der Waals surface area (Å²) in [6.07, 6.45) is 1.54. The molecule has 1 N–H and O–H groups in total. The number of aryl methyl sites for hydroxylation is 2. The standard InChI is InChI=1S/C23H23N3O4S/c1-12-18-20(28)24-13(2)25-21(18)31-19(12)22(29)30-11-14(27)10-17-23(3,4)15-8-6-7-9-16(15)26(17)5/h6-10H,11H2,1-5H3,(H,24,25,28)/b17-10-. The summed E-state index contributed by atoms with van der Waals surface area (Å²) < 4.78 is 5.28. The number of rotatable bonds is 4. The zero-order valence-electron chi connectivity index (χ0n) is 18.0. The molecule has 7 nitrogen and oxygen atoms in total. The number of para-hydroxylation sites is 1. The topological polar surface area (TPSA) is 92.4 Å². The van der Waals surface area contributed by atoms with Gasteiger partial charge >= 0.3 is 5.97 Å². The molecule has 4 rings (SSSR count). The van der Waals surface area contributed by atoms with E-state index < -0.39 is 5.97 Å². The lowest BCUT2D eigenvalue weighted by Crippen LogP contribution is -2.25. The van der Waals surface area contributed by atoms with E-state index in [1.807, 2.05) is 30.1 Å². The number of likely N-dealkylation sites (N-methyl/N-ethyl adjacent to an activating group) is 1. The number of aromatic nitrogens is 2. The molecule has 3 aromatic rings. The van der Waals surface area contributed by atoms with E-state index in [1.165, 1.54) is 0 Å². The molecule has 8 heteroatoms. The van der Waals surface area contributed by atoms with E-state index in [0.717, 1.165) is 28.3 Å². The molecule has 0 atom stereocenters. The number of hydrogen-bond donors (Lipinski definition) is 1. The van der Waals surface area contributed by atoms with E-state index in [4.69, 9.17) is 4.74 Å². The van der Waals surface area contributed by atoms with Crippen LogP contribution in [0.4, 0.5) is 5.69 Å². The number of nitrogens with zero attached hydrogens (tertiary/aromatic N) is 2. The van der Waals surface area contributed by atoms with Gasteiger partial charge in [0.25, 0.3) is 5.56 Å². The predicted octanol–water partition coefficient (Wildman–Crippen LogP) is 3.64. The van der Waals surface area contributed by atoms with Gasteiger partial charge in [-0.3, -0.25) is 9.59 Å². The Kier molecular flexibility index (Phi) is 5.05. The monoisotopic (exact) mass is 437 g/mol. The molecule has 1 aliphatic heterocycles. The summed E-state index contributed by atoms with van der Waals surface area (Å²) in [6, 6.07) is 8.02. The smallest absolute Gasteiger partial charge is 0.349 e. The number of thiophene rings is 1. The van der Waals surface area contributed by atoms with Crippen LogP contribution in [-0.4, -0.2) is 35.4 Å². The normalized spacial score (nSPS) is 16.0. The second-order valence-electron chi connectivity index (χ2n) is 8.16. The average Bonchev–Trinajstić information content (AvgIpc) is 3.14. The minimum absolute atomic E-state index is 0.282. The highest BCUT2D eigenvalue weighted by Gasteiger charge is 2.38. The molecule has 3 heterocycles. The molecule has 0 bridgehead atoms. The second-order valence-corrected chi connectivity index (χ2v) is 9.16. The summed E-state index contributed by atoms with van der Waals surface area (Å²) in [4.78, 5) is 47.1. The van der Waals surface area contributed by atoms with Crippen molar-refractivity contribution in [1.29, 1.82) is 0 Å². The van der Waals surface area contributed by atoms with Gasteiger partial charge in [-0.15, -0.1) is 11.3 Å². The highest BCUT2D eigenvalue weighted by atomic mass is 32.1. The van der Waals surface area contributed by atoms with Crippen LogP contribution in [0.15, 0.2) is 40.8 Å². The number of anilines is 1. The molecular formula is C23H23N3O4S. The van der Waals surface area contributed by atoms with Crippen LogP contribution >= 0.6 is 11.3 Å². The van der Waals surface area contributed by atoms with Crippen LogP contribution in [0.1, 0.15) is 40.5 Å². The first kappa shape index (κ1) is 21.0. The summed E-state index contributed by atoms with van der Waals surface area (Å²) in [5, 5.41) is 0.378. The molecule has 1 aromatic carbocycles. The van der Waals surface area contributed by atoms with Crippen molar-refractivity contribution in [3.05, 3.63) is 68.2 Å². The lowest BCUT2D eigenvalue weighted by molar-refractivity contribution is -0.117. The maximum Gasteiger partial charge on any atom is 0.349 e. The number of allylic oxidation sites excluding steroid dienone is 1. The largest absolute Gasteiger partial charge is 0.453 e. The van der Waals surface area contributed by atoms with Crippen molar-refractivity contribution in [3.63, 3.8) is 0 Å². The van der Waals surface area contributed by atoms with E-state index in [1.54, 1.807) is 19.9 Å². The number of H-pyrrole nitrogens is 1. The third-order valence-electron chi connectivity index (χ3n) is 5.69. The molecular weight excluding hydrogens is 414 g/mol. The molecule has 160 valence electrons. The van der Waals surface area contributed by atoms with Gasteiger partial charge in [-0.2, -0.15) is 0 Å². The maximum absolute atomic E-state index is 12.6. The fourth-order valence-electron chi connectivity index (χ4n) is 4.10. The van der Waals surface area contributed by atoms with Crippen molar-refractivity contribution in [2.75, 3.05) is 18.6 Å². The van der Waals surface area contributed by atoms with E-state index in [-0.39, 0.29) is 28.2 Å². The first-order valence-corrected chi connectivity index (χ1v) is 10.7. The van der Waals surface area contributed by atoms with Gasteiger partial charge in [0.2, 0.25) is 0 Å². The average molecular weight is 438 g/mol. The molecule has 0 spiro atoms. The van der Waals surface area contributed by atoms with Crippen LogP contribution in [0, 0.1) is 13.8 Å². The van der Waals surface area contributed by atoms with Crippen LogP contribution in [0.25, 0.3) is 10.2 Å². The van der Waals surface area contributed by atoms with Crippen LogP contribution in [-0.2, 0) is 14.9 Å². The third kappa shape index (κ3) is 3.46. The number of carbonyl (C=O) groups excluding carboxylic acids is 2. The maximum atomic E-state index is 12.6. The number of carbonyl (C=O) groups is 2. The minimum atomic E-state index is -0.633. The van der Waals surface area contributed by atoms with Crippen molar-refractivity contribution in [1.82, 2.24) is 9.97 Å². The molecule has 0 amide bonds. The fraction of sp³-hybridized carbons (Fsp3) is 0.304. The molecule has 31 heavy (non-hydrogen) atoms. The van der Waals surface area contributed by atoms with Gasteiger partial charge in [0, 0.05) is 29.9 Å². The number of fused-ring (bicyclic) bond motifs is 2. The van der Waals surface area contributed by atoms with Crippen molar-refractivity contribution in [3.8, 4) is 0 Å².